The standard InChI is InChI=1S/C15H18ClNO2S2/c1-7-6-20-12(9(7)16)11-8(2)10(17)13(21-11)14(18)19-15(3,4)5/h6H,17H2,1-5H3. The van der Waals surface area contributed by atoms with Gasteiger partial charge in [0.2, 0.25) is 0 Å². The number of thiophene rings is 2. The number of carbonyl (C=O) groups excluding carboxylic acids is 1. The number of hydrogen-bond donors (Lipinski definition) is 1. The lowest BCUT2D eigenvalue weighted by molar-refractivity contribution is 0.00763. The molecule has 0 aliphatic heterocycles. The third-order valence-corrected chi connectivity index (χ3v) is 6.03. The Labute approximate surface area is 137 Å². The summed E-state index contributed by atoms with van der Waals surface area (Å²) in [5, 5.41) is 2.72. The maximum Gasteiger partial charge on any atom is 0.351 e. The van der Waals surface area contributed by atoms with Crippen molar-refractivity contribution in [3.05, 3.63) is 26.4 Å². The zero-order valence-corrected chi connectivity index (χ0v) is 15.1. The van der Waals surface area contributed by atoms with Crippen LogP contribution < -0.4 is 5.73 Å². The van der Waals surface area contributed by atoms with Gasteiger partial charge in [-0.1, -0.05) is 11.6 Å². The minimum absolute atomic E-state index is 0.385. The number of nitrogen functional groups attached to an aromatic ring is 1. The number of carbonyl (C=O) groups is 1. The Morgan fingerprint density at radius 2 is 1.90 bits per heavy atom. The zero-order chi connectivity index (χ0) is 15.9. The van der Waals surface area contributed by atoms with Crippen LogP contribution in [-0.4, -0.2) is 11.6 Å². The number of hydrogen-bond acceptors (Lipinski definition) is 5. The van der Waals surface area contributed by atoms with E-state index in [4.69, 9.17) is 22.1 Å². The number of rotatable bonds is 2. The highest BCUT2D eigenvalue weighted by Crippen LogP contribution is 2.45. The van der Waals surface area contributed by atoms with E-state index in [-0.39, 0.29) is 5.97 Å². The number of halogens is 1. The highest BCUT2D eigenvalue weighted by atomic mass is 35.5. The fraction of sp³-hybridized carbons (Fsp3) is 0.400. The topological polar surface area (TPSA) is 52.3 Å². The Bertz CT molecular complexity index is 695. The Balaban J connectivity index is 2.46. The maximum atomic E-state index is 12.2. The second kappa shape index (κ2) is 5.63. The van der Waals surface area contributed by atoms with Gasteiger partial charge in [-0.15, -0.1) is 22.7 Å². The molecule has 0 fully saturated rings. The van der Waals surface area contributed by atoms with Gasteiger partial charge in [0, 0.05) is 0 Å². The summed E-state index contributed by atoms with van der Waals surface area (Å²) in [7, 11) is 0. The van der Waals surface area contributed by atoms with Crippen LogP contribution in [0.3, 0.4) is 0 Å². The van der Waals surface area contributed by atoms with Gasteiger partial charge in [-0.3, -0.25) is 0 Å². The monoisotopic (exact) mass is 343 g/mol. The second-order valence-electron chi connectivity index (χ2n) is 5.86. The van der Waals surface area contributed by atoms with E-state index in [1.165, 1.54) is 11.3 Å². The molecule has 2 heterocycles. The first-order valence-corrected chi connectivity index (χ1v) is 8.55. The molecule has 0 bridgehead atoms. The van der Waals surface area contributed by atoms with Crippen molar-refractivity contribution in [1.82, 2.24) is 0 Å². The fourth-order valence-electron chi connectivity index (χ4n) is 1.80. The van der Waals surface area contributed by atoms with Crippen molar-refractivity contribution in [1.29, 1.82) is 0 Å². The summed E-state index contributed by atoms with van der Waals surface area (Å²) in [6, 6.07) is 0. The van der Waals surface area contributed by atoms with Crippen LogP contribution in [0, 0.1) is 13.8 Å². The lowest BCUT2D eigenvalue weighted by Crippen LogP contribution is -2.23. The SMILES string of the molecule is Cc1csc(-c2sc(C(=O)OC(C)(C)C)c(N)c2C)c1Cl. The quantitative estimate of drug-likeness (QED) is 0.754. The van der Waals surface area contributed by atoms with Crippen LogP contribution in [0.25, 0.3) is 9.75 Å². The molecule has 0 saturated carbocycles. The zero-order valence-electron chi connectivity index (χ0n) is 12.7. The highest BCUT2D eigenvalue weighted by molar-refractivity contribution is 7.23. The summed E-state index contributed by atoms with van der Waals surface area (Å²) in [5.41, 5.74) is 7.93. The first-order chi connectivity index (χ1) is 9.61. The Morgan fingerprint density at radius 3 is 2.38 bits per heavy atom. The molecule has 2 N–H and O–H groups in total. The lowest BCUT2D eigenvalue weighted by atomic mass is 10.2. The van der Waals surface area contributed by atoms with Crippen LogP contribution in [0.15, 0.2) is 5.38 Å². The van der Waals surface area contributed by atoms with Gasteiger partial charge in [-0.05, 0) is 51.1 Å². The molecule has 0 amide bonds. The first kappa shape index (κ1) is 16.3. The number of aryl methyl sites for hydroxylation is 1. The van der Waals surface area contributed by atoms with Gasteiger partial charge < -0.3 is 10.5 Å². The predicted molar refractivity (Wildman–Crippen MR) is 91.7 cm³/mol. The van der Waals surface area contributed by atoms with E-state index >= 15 is 0 Å². The molecule has 114 valence electrons. The van der Waals surface area contributed by atoms with Crippen molar-refractivity contribution in [3.8, 4) is 9.75 Å². The predicted octanol–water partition coefficient (Wildman–Crippen LogP) is 5.28. The third kappa shape index (κ3) is 3.25. The molecular formula is C15H18ClNO2S2. The molecule has 2 aromatic rings. The molecule has 2 aromatic heterocycles. The van der Waals surface area contributed by atoms with Gasteiger partial charge in [0.15, 0.2) is 0 Å². The molecule has 21 heavy (non-hydrogen) atoms. The molecule has 3 nitrogen and oxygen atoms in total. The molecule has 0 aliphatic rings. The van der Waals surface area contributed by atoms with Gasteiger partial charge in [0.1, 0.15) is 10.5 Å². The van der Waals surface area contributed by atoms with Crippen LogP contribution in [-0.2, 0) is 4.74 Å². The summed E-state index contributed by atoms with van der Waals surface area (Å²) in [6.07, 6.45) is 0. The second-order valence-corrected chi connectivity index (χ2v) is 8.14. The number of nitrogens with two attached hydrogens (primary N) is 1. The average Bonchev–Trinajstić information content (AvgIpc) is 2.82. The largest absolute Gasteiger partial charge is 0.456 e. The minimum Gasteiger partial charge on any atom is -0.456 e. The fourth-order valence-corrected chi connectivity index (χ4v) is 4.46. The van der Waals surface area contributed by atoms with Crippen molar-refractivity contribution in [2.75, 3.05) is 5.73 Å². The van der Waals surface area contributed by atoms with Crippen LogP contribution in [0.1, 0.15) is 41.6 Å². The number of esters is 1. The third-order valence-electron chi connectivity index (χ3n) is 2.88. The summed E-state index contributed by atoms with van der Waals surface area (Å²) >= 11 is 9.23. The highest BCUT2D eigenvalue weighted by Gasteiger charge is 2.26. The first-order valence-electron chi connectivity index (χ1n) is 6.48. The molecule has 0 radical (unpaired) electrons. The van der Waals surface area contributed by atoms with Gasteiger partial charge in [0.05, 0.1) is 20.5 Å². The van der Waals surface area contributed by atoms with E-state index < -0.39 is 5.60 Å². The molecule has 0 spiro atoms. The molecule has 0 aromatic carbocycles. The summed E-state index contributed by atoms with van der Waals surface area (Å²) in [5.74, 6) is -0.385. The van der Waals surface area contributed by atoms with E-state index in [1.54, 1.807) is 11.3 Å². The van der Waals surface area contributed by atoms with Crippen molar-refractivity contribution in [2.24, 2.45) is 0 Å². The van der Waals surface area contributed by atoms with Crippen molar-refractivity contribution >= 4 is 45.9 Å². The minimum atomic E-state index is -0.543. The van der Waals surface area contributed by atoms with E-state index in [0.29, 0.717) is 10.6 Å². The average molecular weight is 344 g/mol. The molecule has 6 heteroatoms. The normalized spacial score (nSPS) is 11.7. The summed E-state index contributed by atoms with van der Waals surface area (Å²) in [6.45, 7) is 9.37. The van der Waals surface area contributed by atoms with Crippen molar-refractivity contribution < 1.29 is 9.53 Å². The van der Waals surface area contributed by atoms with Gasteiger partial charge >= 0.3 is 5.97 Å². The van der Waals surface area contributed by atoms with Crippen LogP contribution >= 0.6 is 34.3 Å². The Kier molecular flexibility index (Phi) is 4.38. The van der Waals surface area contributed by atoms with E-state index in [9.17, 15) is 4.79 Å². The van der Waals surface area contributed by atoms with Gasteiger partial charge in [0.25, 0.3) is 0 Å². The number of ether oxygens (including phenoxy) is 1. The molecular weight excluding hydrogens is 326 g/mol. The summed E-state index contributed by atoms with van der Waals surface area (Å²) in [4.78, 5) is 14.6. The van der Waals surface area contributed by atoms with Gasteiger partial charge in [-0.25, -0.2) is 4.79 Å². The van der Waals surface area contributed by atoms with Crippen molar-refractivity contribution in [3.63, 3.8) is 0 Å². The lowest BCUT2D eigenvalue weighted by Gasteiger charge is -2.19. The molecule has 0 saturated heterocycles. The van der Waals surface area contributed by atoms with Crippen LogP contribution in [0.4, 0.5) is 5.69 Å². The maximum absolute atomic E-state index is 12.2. The Morgan fingerprint density at radius 1 is 1.29 bits per heavy atom. The summed E-state index contributed by atoms with van der Waals surface area (Å²) < 4.78 is 5.41. The van der Waals surface area contributed by atoms with Gasteiger partial charge in [-0.2, -0.15) is 0 Å². The molecule has 2 rings (SSSR count). The van der Waals surface area contributed by atoms with E-state index in [2.05, 4.69) is 0 Å². The van der Waals surface area contributed by atoms with Crippen LogP contribution in [0.5, 0.6) is 0 Å². The smallest absolute Gasteiger partial charge is 0.351 e. The molecule has 0 unspecified atom stereocenters. The Hall–Kier alpha value is -1.04. The van der Waals surface area contributed by atoms with E-state index in [1.807, 2.05) is 40.0 Å². The molecule has 0 aliphatic carbocycles. The van der Waals surface area contributed by atoms with Crippen LogP contribution in [0.2, 0.25) is 5.02 Å². The van der Waals surface area contributed by atoms with E-state index in [0.717, 1.165) is 25.9 Å². The number of anilines is 1. The molecule has 0 atom stereocenters. The van der Waals surface area contributed by atoms with Crippen molar-refractivity contribution in [2.45, 2.75) is 40.2 Å².